The predicted molar refractivity (Wildman–Crippen MR) is 192 cm³/mol. The van der Waals surface area contributed by atoms with Gasteiger partial charge in [0.25, 0.3) is 0 Å². The van der Waals surface area contributed by atoms with Crippen LogP contribution in [0.5, 0.6) is 0 Å². The molecule has 0 amide bonds. The number of rotatable bonds is 11. The molecule has 1 aliphatic heterocycles. The Morgan fingerprint density at radius 1 is 0.453 bits per heavy atom. The van der Waals surface area contributed by atoms with Crippen LogP contribution in [0.1, 0.15) is 51.8 Å². The number of hydrogen-bond donors (Lipinski definition) is 0. The molecule has 1 saturated heterocycles. The highest BCUT2D eigenvalue weighted by atomic mass is 79.9. The number of alkyl halides is 1. The lowest BCUT2D eigenvalue weighted by Crippen LogP contribution is -2.67. The summed E-state index contributed by atoms with van der Waals surface area (Å²) < 4.78 is 33.8. The van der Waals surface area contributed by atoms with E-state index in [9.17, 15) is 24.0 Å². The van der Waals surface area contributed by atoms with E-state index in [1.54, 1.807) is 91.0 Å². The van der Waals surface area contributed by atoms with E-state index in [-0.39, 0.29) is 27.8 Å². The third-order valence-corrected chi connectivity index (χ3v) is 8.89. The zero-order chi connectivity index (χ0) is 37.2. The Hall–Kier alpha value is -6.11. The molecule has 5 aromatic rings. The largest absolute Gasteiger partial charge is 0.458 e. The molecule has 6 rings (SSSR count). The third-order valence-electron chi connectivity index (χ3n) is 8.02. The van der Waals surface area contributed by atoms with E-state index in [2.05, 4.69) is 15.9 Å². The second-order valence-corrected chi connectivity index (χ2v) is 13.0. The van der Waals surface area contributed by atoms with Crippen molar-refractivity contribution in [2.75, 3.05) is 6.61 Å². The third kappa shape index (κ3) is 9.04. The molecule has 5 aromatic carbocycles. The number of benzene rings is 5. The predicted octanol–water partition coefficient (Wildman–Crippen LogP) is 6.82. The van der Waals surface area contributed by atoms with E-state index < -0.39 is 65.6 Å². The summed E-state index contributed by atoms with van der Waals surface area (Å²) in [7, 11) is 0. The maximum absolute atomic E-state index is 13.8. The lowest BCUT2D eigenvalue weighted by molar-refractivity contribution is -0.292. The first-order chi connectivity index (χ1) is 25.7. The summed E-state index contributed by atoms with van der Waals surface area (Å²) in [6, 6.07) is 39.8. The van der Waals surface area contributed by atoms with Gasteiger partial charge < -0.3 is 28.4 Å². The van der Waals surface area contributed by atoms with Gasteiger partial charge in [0.2, 0.25) is 16.9 Å². The molecular weight excluding hydrogens is 748 g/mol. The Morgan fingerprint density at radius 2 is 0.774 bits per heavy atom. The lowest BCUT2D eigenvalue weighted by Gasteiger charge is -2.47. The van der Waals surface area contributed by atoms with Crippen LogP contribution in [0.2, 0.25) is 0 Å². The van der Waals surface area contributed by atoms with Gasteiger partial charge in [-0.25, -0.2) is 24.0 Å². The van der Waals surface area contributed by atoms with Crippen molar-refractivity contribution in [3.8, 4) is 0 Å². The Morgan fingerprint density at radius 3 is 1.17 bits per heavy atom. The Kier molecular flexibility index (Phi) is 11.7. The van der Waals surface area contributed by atoms with Gasteiger partial charge in [0.05, 0.1) is 27.8 Å². The summed E-state index contributed by atoms with van der Waals surface area (Å²) in [5, 5.41) is 0. The maximum Gasteiger partial charge on any atom is 0.340 e. The second-order valence-electron chi connectivity index (χ2n) is 11.6. The van der Waals surface area contributed by atoms with Crippen molar-refractivity contribution in [1.82, 2.24) is 0 Å². The fourth-order valence-corrected chi connectivity index (χ4v) is 6.02. The molecule has 0 radical (unpaired) electrons. The minimum Gasteiger partial charge on any atom is -0.458 e. The number of hydrogen-bond acceptors (Lipinski definition) is 11. The zero-order valence-electron chi connectivity index (χ0n) is 27.8. The minimum absolute atomic E-state index is 0.105. The van der Waals surface area contributed by atoms with E-state index in [0.717, 1.165) is 0 Å². The quantitative estimate of drug-likeness (QED) is 0.0792. The second kappa shape index (κ2) is 16.9. The highest BCUT2D eigenvalue weighted by Gasteiger charge is 2.61. The molecule has 0 aliphatic carbocycles. The molecule has 0 unspecified atom stereocenters. The smallest absolute Gasteiger partial charge is 0.340 e. The molecule has 5 atom stereocenters. The molecule has 1 fully saturated rings. The molecule has 53 heavy (non-hydrogen) atoms. The van der Waals surface area contributed by atoms with Gasteiger partial charge >= 0.3 is 29.8 Å². The molecule has 268 valence electrons. The maximum atomic E-state index is 13.8. The van der Waals surface area contributed by atoms with Gasteiger partial charge in [-0.15, -0.1) is 0 Å². The number of halogens is 1. The first-order valence-electron chi connectivity index (χ1n) is 16.3. The Labute approximate surface area is 312 Å². The molecule has 1 heterocycles. The molecular formula is C41H31BrO11. The van der Waals surface area contributed by atoms with Crippen LogP contribution < -0.4 is 0 Å². The first-order valence-corrected chi connectivity index (χ1v) is 17.1. The van der Waals surface area contributed by atoms with Crippen LogP contribution in [0, 0.1) is 0 Å². The molecule has 0 saturated carbocycles. The van der Waals surface area contributed by atoms with Gasteiger partial charge in [-0.2, -0.15) is 0 Å². The van der Waals surface area contributed by atoms with Crippen molar-refractivity contribution >= 4 is 45.8 Å². The van der Waals surface area contributed by atoms with Gasteiger partial charge in [-0.1, -0.05) is 91.0 Å². The molecule has 0 aromatic heterocycles. The fraction of sp³-hybridized carbons (Fsp3) is 0.146. The summed E-state index contributed by atoms with van der Waals surface area (Å²) in [6.07, 6.45) is -7.01. The van der Waals surface area contributed by atoms with Crippen molar-refractivity contribution in [3.63, 3.8) is 0 Å². The summed E-state index contributed by atoms with van der Waals surface area (Å²) in [4.78, 5) is 67.9. The number of carbonyl (C=O) groups is 5. The number of carbonyl (C=O) groups excluding carboxylic acids is 5. The van der Waals surface area contributed by atoms with Crippen molar-refractivity contribution in [2.45, 2.75) is 29.1 Å². The van der Waals surface area contributed by atoms with Gasteiger partial charge in [-0.3, -0.25) is 0 Å². The topological polar surface area (TPSA) is 141 Å². The monoisotopic (exact) mass is 778 g/mol. The van der Waals surface area contributed by atoms with Crippen molar-refractivity contribution in [2.24, 2.45) is 0 Å². The van der Waals surface area contributed by atoms with Crippen LogP contribution >= 0.6 is 15.9 Å². The summed E-state index contributed by atoms with van der Waals surface area (Å²) in [5.74, 6) is -4.34. The Bertz CT molecular complexity index is 2030. The molecule has 0 bridgehead atoms. The fourth-order valence-electron chi connectivity index (χ4n) is 5.37. The van der Waals surface area contributed by atoms with E-state index in [1.165, 1.54) is 60.7 Å². The van der Waals surface area contributed by atoms with Gasteiger partial charge in [0.15, 0.2) is 12.2 Å². The van der Waals surface area contributed by atoms with E-state index in [0.29, 0.717) is 0 Å². The minimum atomic E-state index is -2.07. The zero-order valence-corrected chi connectivity index (χ0v) is 29.4. The average Bonchev–Trinajstić information content (AvgIpc) is 3.21. The van der Waals surface area contributed by atoms with E-state index in [4.69, 9.17) is 28.4 Å². The lowest BCUT2D eigenvalue weighted by atomic mass is 9.97. The summed E-state index contributed by atoms with van der Waals surface area (Å²) >= 11 is 3.48. The first kappa shape index (κ1) is 36.7. The molecule has 0 N–H and O–H groups in total. The Balaban J connectivity index is 1.45. The van der Waals surface area contributed by atoms with Crippen LogP contribution in [0.4, 0.5) is 0 Å². The van der Waals surface area contributed by atoms with Crippen molar-refractivity contribution < 1.29 is 52.4 Å². The van der Waals surface area contributed by atoms with E-state index >= 15 is 0 Å². The molecule has 12 heteroatoms. The van der Waals surface area contributed by atoms with Gasteiger partial charge in [0.1, 0.15) is 6.61 Å². The summed E-state index contributed by atoms with van der Waals surface area (Å²) in [5.41, 5.74) is 0.654. The van der Waals surface area contributed by atoms with E-state index in [1.807, 2.05) is 0 Å². The highest BCUT2D eigenvalue weighted by Crippen LogP contribution is 2.41. The van der Waals surface area contributed by atoms with Crippen LogP contribution in [-0.4, -0.2) is 65.6 Å². The normalized spacial score (nSPS) is 20.6. The van der Waals surface area contributed by atoms with Crippen molar-refractivity contribution in [3.05, 3.63) is 179 Å². The van der Waals surface area contributed by atoms with Gasteiger partial charge in [-0.05, 0) is 76.6 Å². The van der Waals surface area contributed by atoms with Crippen LogP contribution in [0.15, 0.2) is 152 Å². The molecule has 0 spiro atoms. The SMILES string of the molecule is O=C(OC[C@]1(Br)O[C@H](OC(=O)c2ccccc2)[C@H](OC(=O)c2ccccc2)[C@H](OC(=O)c2ccccc2)[C@@H]1OC(=O)c1ccccc1)c1ccccc1. The van der Waals surface area contributed by atoms with Gasteiger partial charge in [0, 0.05) is 0 Å². The standard InChI is InChI=1S/C41H31BrO11/c42-41(26-48-35(43)27-16-6-1-7-17-27)34(51-38(46)30-22-12-4-13-23-30)32(49-36(44)28-18-8-2-9-19-28)33(50-37(45)29-20-10-3-11-21-29)40(53-41)52-39(47)31-24-14-5-15-25-31/h1-25,32-34,40H,26H2/t32-,33+,34-,40-,41-/m0/s1. The number of ether oxygens (including phenoxy) is 6. The van der Waals surface area contributed by atoms with Crippen LogP contribution in [0.3, 0.4) is 0 Å². The van der Waals surface area contributed by atoms with Crippen LogP contribution in [-0.2, 0) is 28.4 Å². The number of esters is 5. The van der Waals surface area contributed by atoms with Crippen LogP contribution in [0.25, 0.3) is 0 Å². The highest BCUT2D eigenvalue weighted by molar-refractivity contribution is 9.10. The molecule has 1 aliphatic rings. The van der Waals surface area contributed by atoms with Crippen molar-refractivity contribution in [1.29, 1.82) is 0 Å². The average molecular weight is 780 g/mol. The summed E-state index contributed by atoms with van der Waals surface area (Å²) in [6.45, 7) is -0.675. The molecule has 11 nitrogen and oxygen atoms in total.